The molecule has 2 aromatic rings. The Balaban J connectivity index is 2.76. The molecule has 0 N–H and O–H groups in total. The summed E-state index contributed by atoms with van der Waals surface area (Å²) in [5, 5.41) is 25.5. The molecule has 0 unspecified atom stereocenters. The number of benzene rings is 1. The summed E-state index contributed by atoms with van der Waals surface area (Å²) >= 11 is 0. The first-order valence-corrected chi connectivity index (χ1v) is 4.90. The fourth-order valence-corrected chi connectivity index (χ4v) is 1.54. The zero-order valence-electron chi connectivity index (χ0n) is 9.59. The Hall–Kier alpha value is -3.04. The van der Waals surface area contributed by atoms with E-state index in [0.29, 0.717) is 0 Å². The van der Waals surface area contributed by atoms with Crippen molar-refractivity contribution in [3.05, 3.63) is 45.0 Å². The molecule has 0 radical (unpaired) electrons. The van der Waals surface area contributed by atoms with Gasteiger partial charge in [0.2, 0.25) is 5.75 Å². The number of hydrogen-bond donors (Lipinski definition) is 0. The maximum absolute atomic E-state index is 10.9. The van der Waals surface area contributed by atoms with Crippen LogP contribution in [0.1, 0.15) is 0 Å². The maximum atomic E-state index is 10.9. The van der Waals surface area contributed by atoms with Crippen molar-refractivity contribution in [1.29, 1.82) is 0 Å². The molecule has 0 aliphatic carbocycles. The number of rotatable bonds is 4. The van der Waals surface area contributed by atoms with Crippen molar-refractivity contribution in [2.24, 2.45) is 0 Å². The Morgan fingerprint density at radius 2 is 2.00 bits per heavy atom. The average molecular weight is 265 g/mol. The highest BCUT2D eigenvalue weighted by Gasteiger charge is 2.26. The molecule has 1 aromatic heterocycles. The van der Waals surface area contributed by atoms with Gasteiger partial charge in [0.25, 0.3) is 5.69 Å². The van der Waals surface area contributed by atoms with E-state index in [-0.39, 0.29) is 11.4 Å². The van der Waals surface area contributed by atoms with Crippen molar-refractivity contribution >= 4 is 11.4 Å². The molecule has 2 rings (SSSR count). The number of nitro groups is 2. The van der Waals surface area contributed by atoms with Gasteiger partial charge < -0.3 is 4.74 Å². The highest BCUT2D eigenvalue weighted by molar-refractivity contribution is 5.65. The fourth-order valence-electron chi connectivity index (χ4n) is 1.54. The van der Waals surface area contributed by atoms with Crippen LogP contribution in [0.15, 0.2) is 24.8 Å². The van der Waals surface area contributed by atoms with Crippen LogP contribution < -0.4 is 4.74 Å². The molecule has 10 heteroatoms. The number of nitrogens with zero attached hydrogens (tertiary/aromatic N) is 5. The van der Waals surface area contributed by atoms with E-state index in [2.05, 4.69) is 10.1 Å². The number of non-ortho nitro benzene ring substituents is 1. The second kappa shape index (κ2) is 4.68. The van der Waals surface area contributed by atoms with Gasteiger partial charge in [-0.1, -0.05) is 0 Å². The van der Waals surface area contributed by atoms with E-state index in [1.54, 1.807) is 0 Å². The van der Waals surface area contributed by atoms with E-state index in [0.717, 1.165) is 16.8 Å². The largest absolute Gasteiger partial charge is 0.489 e. The Morgan fingerprint density at radius 3 is 2.47 bits per heavy atom. The van der Waals surface area contributed by atoms with Crippen LogP contribution in [0.4, 0.5) is 11.4 Å². The zero-order chi connectivity index (χ0) is 14.0. The first-order chi connectivity index (χ1) is 9.04. The summed E-state index contributed by atoms with van der Waals surface area (Å²) in [5.41, 5.74) is -0.874. The Labute approximate surface area is 105 Å². The lowest BCUT2D eigenvalue weighted by Gasteiger charge is -2.08. The molecule has 0 atom stereocenters. The van der Waals surface area contributed by atoms with Gasteiger partial charge in [0, 0.05) is 6.07 Å². The van der Waals surface area contributed by atoms with Gasteiger partial charge in [-0.15, -0.1) is 0 Å². The van der Waals surface area contributed by atoms with Gasteiger partial charge in [-0.05, 0) is 0 Å². The third-order valence-corrected chi connectivity index (χ3v) is 2.31. The molecular weight excluding hydrogens is 258 g/mol. The number of hydrogen-bond acceptors (Lipinski definition) is 7. The molecule has 19 heavy (non-hydrogen) atoms. The van der Waals surface area contributed by atoms with Crippen LogP contribution in [0.5, 0.6) is 5.75 Å². The van der Waals surface area contributed by atoms with E-state index in [9.17, 15) is 20.2 Å². The van der Waals surface area contributed by atoms with Gasteiger partial charge in [0.1, 0.15) is 18.3 Å². The Morgan fingerprint density at radius 1 is 1.26 bits per heavy atom. The van der Waals surface area contributed by atoms with Gasteiger partial charge >= 0.3 is 5.69 Å². The van der Waals surface area contributed by atoms with Crippen LogP contribution in [0.2, 0.25) is 0 Å². The lowest BCUT2D eigenvalue weighted by atomic mass is 10.2. The second-order valence-electron chi connectivity index (χ2n) is 3.37. The van der Waals surface area contributed by atoms with Crippen LogP contribution in [0.3, 0.4) is 0 Å². The third kappa shape index (κ3) is 2.18. The van der Waals surface area contributed by atoms with E-state index < -0.39 is 21.2 Å². The third-order valence-electron chi connectivity index (χ3n) is 2.31. The zero-order valence-corrected chi connectivity index (χ0v) is 9.59. The highest BCUT2D eigenvalue weighted by atomic mass is 16.6. The summed E-state index contributed by atoms with van der Waals surface area (Å²) in [7, 11) is 1.23. The van der Waals surface area contributed by atoms with E-state index in [1.165, 1.54) is 19.8 Å². The Kier molecular flexibility index (Phi) is 3.06. The predicted octanol–water partition coefficient (Wildman–Crippen LogP) is 1.09. The highest BCUT2D eigenvalue weighted by Crippen LogP contribution is 2.36. The monoisotopic (exact) mass is 265 g/mol. The molecular formula is C9H7N5O5. The molecule has 0 fully saturated rings. The summed E-state index contributed by atoms with van der Waals surface area (Å²) < 4.78 is 6.10. The van der Waals surface area contributed by atoms with Crippen LogP contribution >= 0.6 is 0 Å². The minimum atomic E-state index is -0.758. The minimum absolute atomic E-state index is 0.0703. The molecule has 0 saturated carbocycles. The molecule has 0 bridgehead atoms. The lowest BCUT2D eigenvalue weighted by molar-refractivity contribution is -0.394. The summed E-state index contributed by atoms with van der Waals surface area (Å²) in [6.45, 7) is 0. The first-order valence-electron chi connectivity index (χ1n) is 4.90. The van der Waals surface area contributed by atoms with Crippen molar-refractivity contribution in [3.8, 4) is 11.4 Å². The van der Waals surface area contributed by atoms with E-state index >= 15 is 0 Å². The molecule has 1 aromatic carbocycles. The summed E-state index contributed by atoms with van der Waals surface area (Å²) in [5.74, 6) is -0.124. The molecule has 0 amide bonds. The number of aromatic nitrogens is 3. The standard InChI is InChI=1S/C9H7N5O5/c1-19-9-7(12-5-10-4-11-12)2-6(13(15)16)3-8(9)14(17)18/h2-5H,1H3. The fraction of sp³-hybridized carbons (Fsp3) is 0.111. The maximum Gasteiger partial charge on any atom is 0.320 e. The normalized spacial score (nSPS) is 10.2. The van der Waals surface area contributed by atoms with Crippen molar-refractivity contribution in [1.82, 2.24) is 14.8 Å². The number of ether oxygens (including phenoxy) is 1. The molecule has 10 nitrogen and oxygen atoms in total. The van der Waals surface area contributed by atoms with Crippen molar-refractivity contribution < 1.29 is 14.6 Å². The van der Waals surface area contributed by atoms with Crippen LogP contribution in [0, 0.1) is 20.2 Å². The Bertz CT molecular complexity index is 639. The molecule has 0 spiro atoms. The second-order valence-corrected chi connectivity index (χ2v) is 3.37. The number of nitro benzene ring substituents is 2. The van der Waals surface area contributed by atoms with Gasteiger partial charge in [-0.3, -0.25) is 20.2 Å². The van der Waals surface area contributed by atoms with Gasteiger partial charge in [0.05, 0.1) is 23.0 Å². The average Bonchev–Trinajstić information content (AvgIpc) is 2.90. The lowest BCUT2D eigenvalue weighted by Crippen LogP contribution is -2.03. The van der Waals surface area contributed by atoms with Crippen molar-refractivity contribution in [2.45, 2.75) is 0 Å². The summed E-state index contributed by atoms with van der Waals surface area (Å²) in [6, 6.07) is 1.96. The predicted molar refractivity (Wildman–Crippen MR) is 61.2 cm³/mol. The summed E-state index contributed by atoms with van der Waals surface area (Å²) in [4.78, 5) is 23.9. The van der Waals surface area contributed by atoms with Gasteiger partial charge in [-0.25, -0.2) is 9.67 Å². The molecule has 98 valence electrons. The van der Waals surface area contributed by atoms with Crippen LogP contribution in [0.25, 0.3) is 5.69 Å². The number of methoxy groups -OCH3 is 1. The first kappa shape index (κ1) is 12.4. The van der Waals surface area contributed by atoms with Gasteiger partial charge in [0.15, 0.2) is 0 Å². The topological polar surface area (TPSA) is 126 Å². The van der Waals surface area contributed by atoms with E-state index in [1.807, 2.05) is 0 Å². The quantitative estimate of drug-likeness (QED) is 0.598. The summed E-state index contributed by atoms with van der Waals surface area (Å²) in [6.07, 6.45) is 2.45. The molecule has 0 aliphatic heterocycles. The van der Waals surface area contributed by atoms with E-state index in [4.69, 9.17) is 4.74 Å². The molecule has 0 saturated heterocycles. The van der Waals surface area contributed by atoms with Crippen molar-refractivity contribution in [3.63, 3.8) is 0 Å². The van der Waals surface area contributed by atoms with Gasteiger partial charge in [-0.2, -0.15) is 5.10 Å². The smallest absolute Gasteiger partial charge is 0.320 e. The van der Waals surface area contributed by atoms with Crippen LogP contribution in [-0.4, -0.2) is 31.7 Å². The molecule has 0 aliphatic rings. The van der Waals surface area contributed by atoms with Crippen LogP contribution in [-0.2, 0) is 0 Å². The molecule has 1 heterocycles. The minimum Gasteiger partial charge on any atom is -0.489 e. The SMILES string of the molecule is COc1c(-n2cncn2)cc([N+](=O)[O-])cc1[N+](=O)[O-]. The van der Waals surface area contributed by atoms with Crippen molar-refractivity contribution in [2.75, 3.05) is 7.11 Å².